The Hall–Kier alpha value is -1.92. The van der Waals surface area contributed by atoms with E-state index in [9.17, 15) is 9.59 Å². The van der Waals surface area contributed by atoms with Crippen LogP contribution >= 0.6 is 22.9 Å². The van der Waals surface area contributed by atoms with E-state index in [4.69, 9.17) is 16.7 Å². The van der Waals surface area contributed by atoms with Gasteiger partial charge in [-0.3, -0.25) is 9.59 Å². The molecule has 0 aliphatic heterocycles. The van der Waals surface area contributed by atoms with Gasteiger partial charge in [0.2, 0.25) is 5.91 Å². The number of hydrogen-bond acceptors (Lipinski definition) is 4. The molecule has 1 atom stereocenters. The quantitative estimate of drug-likeness (QED) is 0.753. The number of thiazole rings is 1. The summed E-state index contributed by atoms with van der Waals surface area (Å²) in [7, 11) is 0. The van der Waals surface area contributed by atoms with E-state index in [2.05, 4.69) is 10.3 Å². The van der Waals surface area contributed by atoms with Crippen LogP contribution in [0.1, 0.15) is 26.7 Å². The van der Waals surface area contributed by atoms with Crippen LogP contribution in [0.2, 0.25) is 5.02 Å². The molecule has 0 aliphatic carbocycles. The van der Waals surface area contributed by atoms with Crippen molar-refractivity contribution in [3.8, 4) is 11.3 Å². The number of nitrogens with zero attached hydrogens (tertiary/aromatic N) is 1. The highest BCUT2D eigenvalue weighted by molar-refractivity contribution is 7.14. The SMILES string of the molecule is CC(C)C[C@@H](CC(=O)O)C(=O)Nc1nc(-c2ccccc2Cl)cs1. The Morgan fingerprint density at radius 2 is 2.04 bits per heavy atom. The summed E-state index contributed by atoms with van der Waals surface area (Å²) in [5.74, 6) is -1.64. The first-order chi connectivity index (χ1) is 11.4. The van der Waals surface area contributed by atoms with Crippen molar-refractivity contribution in [2.75, 3.05) is 5.32 Å². The molecule has 1 heterocycles. The lowest BCUT2D eigenvalue weighted by molar-refractivity contribution is -0.140. The number of anilines is 1. The number of aliphatic carboxylic acids is 1. The molecule has 0 aliphatic rings. The Kier molecular flexibility index (Phi) is 6.34. The number of carbonyl (C=O) groups excluding carboxylic acids is 1. The highest BCUT2D eigenvalue weighted by Crippen LogP contribution is 2.30. The Morgan fingerprint density at radius 1 is 1.33 bits per heavy atom. The minimum atomic E-state index is -0.980. The van der Waals surface area contributed by atoms with Crippen LogP contribution in [0.25, 0.3) is 11.3 Å². The topological polar surface area (TPSA) is 79.3 Å². The van der Waals surface area contributed by atoms with E-state index in [0.29, 0.717) is 22.3 Å². The van der Waals surface area contributed by atoms with Crippen molar-refractivity contribution in [1.29, 1.82) is 0 Å². The molecule has 0 fully saturated rings. The summed E-state index contributed by atoms with van der Waals surface area (Å²) in [5, 5.41) is 14.5. The molecule has 1 amide bonds. The molecule has 1 aromatic heterocycles. The van der Waals surface area contributed by atoms with Crippen molar-refractivity contribution >= 4 is 39.9 Å². The standard InChI is InChI=1S/C17H19ClN2O3S/c1-10(2)7-11(8-15(21)22)16(23)20-17-19-14(9-24-17)12-5-3-4-6-13(12)18/h3-6,9-11H,7-8H2,1-2H3,(H,21,22)(H,19,20,23)/t11-/m0/s1. The van der Waals surface area contributed by atoms with Crippen LogP contribution in [0, 0.1) is 11.8 Å². The third-order valence-corrected chi connectivity index (χ3v) is 4.52. The van der Waals surface area contributed by atoms with Crippen LogP contribution in [0.15, 0.2) is 29.6 Å². The van der Waals surface area contributed by atoms with E-state index in [-0.39, 0.29) is 18.2 Å². The molecule has 0 unspecified atom stereocenters. The zero-order valence-electron chi connectivity index (χ0n) is 13.5. The Balaban J connectivity index is 2.11. The van der Waals surface area contributed by atoms with Gasteiger partial charge in [-0.05, 0) is 18.4 Å². The highest BCUT2D eigenvalue weighted by Gasteiger charge is 2.23. The number of aromatic nitrogens is 1. The molecule has 0 saturated carbocycles. The number of carbonyl (C=O) groups is 2. The Morgan fingerprint density at radius 3 is 2.67 bits per heavy atom. The van der Waals surface area contributed by atoms with Gasteiger partial charge >= 0.3 is 5.97 Å². The number of carboxylic acid groups (broad SMARTS) is 1. The van der Waals surface area contributed by atoms with Gasteiger partial charge in [-0.2, -0.15) is 0 Å². The highest BCUT2D eigenvalue weighted by atomic mass is 35.5. The molecule has 5 nitrogen and oxygen atoms in total. The molecule has 7 heteroatoms. The van der Waals surface area contributed by atoms with Gasteiger partial charge < -0.3 is 10.4 Å². The van der Waals surface area contributed by atoms with Gasteiger partial charge in [0.25, 0.3) is 0 Å². The predicted molar refractivity (Wildman–Crippen MR) is 96.4 cm³/mol. The molecule has 0 saturated heterocycles. The average Bonchev–Trinajstić information content (AvgIpc) is 2.94. The monoisotopic (exact) mass is 366 g/mol. The predicted octanol–water partition coefficient (Wildman–Crippen LogP) is 4.54. The molecule has 0 spiro atoms. The number of hydrogen-bond donors (Lipinski definition) is 2. The van der Waals surface area contributed by atoms with Crippen molar-refractivity contribution < 1.29 is 14.7 Å². The average molecular weight is 367 g/mol. The maximum absolute atomic E-state index is 12.4. The molecule has 1 aromatic carbocycles. The van der Waals surface area contributed by atoms with Crippen LogP contribution in [-0.2, 0) is 9.59 Å². The van der Waals surface area contributed by atoms with Crippen molar-refractivity contribution in [3.05, 3.63) is 34.7 Å². The smallest absolute Gasteiger partial charge is 0.304 e. The zero-order chi connectivity index (χ0) is 17.7. The summed E-state index contributed by atoms with van der Waals surface area (Å²) < 4.78 is 0. The molecule has 128 valence electrons. The third-order valence-electron chi connectivity index (χ3n) is 3.43. The second-order valence-corrected chi connectivity index (χ2v) is 7.20. The third kappa shape index (κ3) is 5.04. The van der Waals surface area contributed by atoms with Gasteiger partial charge in [-0.1, -0.05) is 43.6 Å². The molecule has 2 rings (SSSR count). The molecule has 2 aromatic rings. The van der Waals surface area contributed by atoms with Crippen LogP contribution in [0.5, 0.6) is 0 Å². The van der Waals surface area contributed by atoms with E-state index < -0.39 is 11.9 Å². The van der Waals surface area contributed by atoms with Gasteiger partial charge in [-0.15, -0.1) is 11.3 Å². The minimum absolute atomic E-state index is 0.188. The molecule has 0 bridgehead atoms. The molecule has 2 N–H and O–H groups in total. The number of halogens is 1. The largest absolute Gasteiger partial charge is 0.481 e. The van der Waals surface area contributed by atoms with E-state index in [1.165, 1.54) is 11.3 Å². The first-order valence-corrected chi connectivity index (χ1v) is 8.85. The van der Waals surface area contributed by atoms with Crippen molar-refractivity contribution in [1.82, 2.24) is 4.98 Å². The number of benzene rings is 1. The summed E-state index contributed by atoms with van der Waals surface area (Å²) in [4.78, 5) is 27.7. The van der Waals surface area contributed by atoms with Gasteiger partial charge in [0.15, 0.2) is 5.13 Å². The maximum atomic E-state index is 12.4. The normalized spacial score (nSPS) is 12.2. The van der Waals surface area contributed by atoms with Crippen LogP contribution < -0.4 is 5.32 Å². The van der Waals surface area contributed by atoms with Gasteiger partial charge in [0, 0.05) is 21.9 Å². The van der Waals surface area contributed by atoms with Gasteiger partial charge in [-0.25, -0.2) is 4.98 Å². The molecular formula is C17H19ClN2O3S. The Labute approximate surface area is 149 Å². The number of amides is 1. The fourth-order valence-corrected chi connectivity index (χ4v) is 3.34. The van der Waals surface area contributed by atoms with E-state index in [1.807, 2.05) is 37.4 Å². The van der Waals surface area contributed by atoms with Gasteiger partial charge in [0.05, 0.1) is 12.1 Å². The summed E-state index contributed by atoms with van der Waals surface area (Å²) in [5.41, 5.74) is 1.47. The van der Waals surface area contributed by atoms with Crippen LogP contribution in [0.4, 0.5) is 5.13 Å². The maximum Gasteiger partial charge on any atom is 0.304 e. The first-order valence-electron chi connectivity index (χ1n) is 7.60. The number of rotatable bonds is 7. The Bertz CT molecular complexity index is 730. The summed E-state index contributed by atoms with van der Waals surface area (Å²) in [6, 6.07) is 7.34. The number of nitrogens with one attached hydrogen (secondary N) is 1. The van der Waals surface area contributed by atoms with E-state index in [0.717, 1.165) is 5.56 Å². The number of carboxylic acids is 1. The second kappa shape index (κ2) is 8.26. The molecule has 0 radical (unpaired) electrons. The lowest BCUT2D eigenvalue weighted by Gasteiger charge is -2.15. The van der Waals surface area contributed by atoms with Gasteiger partial charge in [0.1, 0.15) is 0 Å². The molecular weight excluding hydrogens is 348 g/mol. The van der Waals surface area contributed by atoms with E-state index in [1.54, 1.807) is 6.07 Å². The lowest BCUT2D eigenvalue weighted by atomic mass is 9.93. The first kappa shape index (κ1) is 18.4. The minimum Gasteiger partial charge on any atom is -0.481 e. The summed E-state index contributed by atoms with van der Waals surface area (Å²) >= 11 is 7.44. The second-order valence-electron chi connectivity index (χ2n) is 5.93. The fraction of sp³-hybridized carbons (Fsp3) is 0.353. The van der Waals surface area contributed by atoms with Crippen LogP contribution in [-0.4, -0.2) is 22.0 Å². The fourth-order valence-electron chi connectivity index (χ4n) is 2.39. The lowest BCUT2D eigenvalue weighted by Crippen LogP contribution is -2.26. The van der Waals surface area contributed by atoms with Crippen molar-refractivity contribution in [2.24, 2.45) is 11.8 Å². The summed E-state index contributed by atoms with van der Waals surface area (Å²) in [6.45, 7) is 3.92. The van der Waals surface area contributed by atoms with Crippen LogP contribution in [0.3, 0.4) is 0 Å². The molecule has 24 heavy (non-hydrogen) atoms. The summed E-state index contributed by atoms with van der Waals surface area (Å²) in [6.07, 6.45) is 0.327. The van der Waals surface area contributed by atoms with Crippen molar-refractivity contribution in [3.63, 3.8) is 0 Å². The van der Waals surface area contributed by atoms with E-state index >= 15 is 0 Å². The zero-order valence-corrected chi connectivity index (χ0v) is 15.0. The van der Waals surface area contributed by atoms with Crippen molar-refractivity contribution in [2.45, 2.75) is 26.7 Å².